The van der Waals surface area contributed by atoms with Crippen LogP contribution in [0.15, 0.2) is 0 Å². The van der Waals surface area contributed by atoms with E-state index in [4.69, 9.17) is 21.7 Å². The molecule has 4 heteroatoms. The van der Waals surface area contributed by atoms with Crippen molar-refractivity contribution >= 4 is 11.9 Å². The highest BCUT2D eigenvalue weighted by Gasteiger charge is 1.83. The van der Waals surface area contributed by atoms with Gasteiger partial charge in [-0.2, -0.15) is 0 Å². The van der Waals surface area contributed by atoms with Crippen molar-refractivity contribution < 1.29 is 14.1 Å². The fourth-order valence-corrected chi connectivity index (χ4v) is 0.320. The van der Waals surface area contributed by atoms with E-state index in [9.17, 15) is 0 Å². The van der Waals surface area contributed by atoms with E-state index in [0.717, 1.165) is 0 Å². The molecule has 0 aliphatic heterocycles. The lowest BCUT2D eigenvalue weighted by atomic mass is 10.7. The molecule has 3 nitrogen and oxygen atoms in total. The van der Waals surface area contributed by atoms with Crippen molar-refractivity contribution in [1.29, 1.82) is 0 Å². The van der Waals surface area contributed by atoms with E-state index in [1.807, 2.05) is 0 Å². The standard InChI is InChI=1S/C4H9ClO3/c5-8-4-3-7-2-1-6/h6H,1-4H2. The minimum absolute atomic E-state index is 0.0439. The van der Waals surface area contributed by atoms with Crippen LogP contribution in [-0.4, -0.2) is 31.5 Å². The van der Waals surface area contributed by atoms with Crippen LogP contribution in [0.25, 0.3) is 0 Å². The van der Waals surface area contributed by atoms with E-state index in [2.05, 4.69) is 4.29 Å². The summed E-state index contributed by atoms with van der Waals surface area (Å²) in [5.41, 5.74) is 0. The van der Waals surface area contributed by atoms with Crippen LogP contribution in [0.4, 0.5) is 0 Å². The van der Waals surface area contributed by atoms with E-state index < -0.39 is 0 Å². The van der Waals surface area contributed by atoms with Crippen LogP contribution in [0.1, 0.15) is 0 Å². The number of aliphatic hydroxyl groups is 1. The van der Waals surface area contributed by atoms with Crippen molar-refractivity contribution in [1.82, 2.24) is 0 Å². The van der Waals surface area contributed by atoms with Gasteiger partial charge < -0.3 is 9.84 Å². The molecule has 0 fully saturated rings. The van der Waals surface area contributed by atoms with E-state index in [1.165, 1.54) is 0 Å². The van der Waals surface area contributed by atoms with Crippen molar-refractivity contribution in [2.75, 3.05) is 26.4 Å². The molecule has 8 heavy (non-hydrogen) atoms. The van der Waals surface area contributed by atoms with Crippen LogP contribution in [0, 0.1) is 0 Å². The zero-order chi connectivity index (χ0) is 6.24. The van der Waals surface area contributed by atoms with Gasteiger partial charge in [0.1, 0.15) is 0 Å². The molecule has 0 rings (SSSR count). The Bertz CT molecular complexity index is 36.3. The van der Waals surface area contributed by atoms with Gasteiger partial charge in [-0.3, -0.25) is 4.29 Å². The molecule has 1 N–H and O–H groups in total. The molecule has 50 valence electrons. The van der Waals surface area contributed by atoms with Gasteiger partial charge in [0.15, 0.2) is 0 Å². The molecule has 0 saturated carbocycles. The average Bonchev–Trinajstić information content (AvgIpc) is 1.81. The summed E-state index contributed by atoms with van der Waals surface area (Å²) < 4.78 is 8.92. The maximum Gasteiger partial charge on any atom is 0.0916 e. The van der Waals surface area contributed by atoms with Gasteiger partial charge >= 0.3 is 0 Å². The summed E-state index contributed by atoms with van der Waals surface area (Å²) >= 11 is 4.84. The number of hydrogen-bond donors (Lipinski definition) is 1. The van der Waals surface area contributed by atoms with Gasteiger partial charge in [-0.05, 0) is 0 Å². The lowest BCUT2D eigenvalue weighted by Crippen LogP contribution is -2.03. The predicted molar refractivity (Wildman–Crippen MR) is 29.7 cm³/mol. The fourth-order valence-electron chi connectivity index (χ4n) is 0.257. The van der Waals surface area contributed by atoms with E-state index in [1.54, 1.807) is 0 Å². The Hall–Kier alpha value is 0.170. The summed E-state index contributed by atoms with van der Waals surface area (Å²) in [6, 6.07) is 0. The first-order chi connectivity index (χ1) is 3.91. The molecule has 0 aliphatic carbocycles. The minimum atomic E-state index is 0.0439. The van der Waals surface area contributed by atoms with Gasteiger partial charge in [0.25, 0.3) is 0 Å². The second-order valence-corrected chi connectivity index (χ2v) is 1.37. The number of rotatable bonds is 5. The van der Waals surface area contributed by atoms with Crippen molar-refractivity contribution in [3.63, 3.8) is 0 Å². The first kappa shape index (κ1) is 8.17. The zero-order valence-electron chi connectivity index (χ0n) is 4.47. The largest absolute Gasteiger partial charge is 0.394 e. The number of halogens is 1. The van der Waals surface area contributed by atoms with Crippen LogP contribution in [-0.2, 0) is 9.03 Å². The molecule has 0 atom stereocenters. The highest BCUT2D eigenvalue weighted by Crippen LogP contribution is 1.79. The molecule has 0 aromatic heterocycles. The SMILES string of the molecule is OCCOCCOCl. The summed E-state index contributed by atoms with van der Waals surface area (Å²) in [4.78, 5) is 0. The second kappa shape index (κ2) is 7.17. The Morgan fingerprint density at radius 1 is 1.25 bits per heavy atom. The van der Waals surface area contributed by atoms with Gasteiger partial charge in [-0.25, -0.2) is 0 Å². The van der Waals surface area contributed by atoms with Gasteiger partial charge in [0, 0.05) is 0 Å². The molecule has 0 saturated heterocycles. The van der Waals surface area contributed by atoms with E-state index >= 15 is 0 Å². The normalized spacial score (nSPS) is 9.75. The summed E-state index contributed by atoms with van der Waals surface area (Å²) in [7, 11) is 0. The third kappa shape index (κ3) is 6.17. The van der Waals surface area contributed by atoms with Crippen LogP contribution < -0.4 is 0 Å². The quantitative estimate of drug-likeness (QED) is 0.554. The second-order valence-electron chi connectivity index (χ2n) is 1.15. The van der Waals surface area contributed by atoms with Crippen LogP contribution >= 0.6 is 11.9 Å². The Morgan fingerprint density at radius 3 is 2.50 bits per heavy atom. The maximum atomic E-state index is 8.17. The third-order valence-electron chi connectivity index (χ3n) is 0.540. The molecule has 0 aliphatic rings. The molecule has 0 heterocycles. The Morgan fingerprint density at radius 2 is 2.00 bits per heavy atom. The predicted octanol–water partition coefficient (Wildman–Crippen LogP) is 0.166. The fraction of sp³-hybridized carbons (Fsp3) is 1.00. The minimum Gasteiger partial charge on any atom is -0.394 e. The average molecular weight is 141 g/mol. The molecule has 0 bridgehead atoms. The molecular weight excluding hydrogens is 131 g/mol. The Kier molecular flexibility index (Phi) is 7.32. The molecule has 0 unspecified atom stereocenters. The molecular formula is C4H9ClO3. The first-order valence-corrected chi connectivity index (χ1v) is 2.65. The highest BCUT2D eigenvalue weighted by molar-refractivity contribution is 6.07. The third-order valence-corrected chi connectivity index (χ3v) is 0.695. The van der Waals surface area contributed by atoms with E-state index in [0.29, 0.717) is 19.8 Å². The highest BCUT2D eigenvalue weighted by atomic mass is 35.5. The molecule has 0 aromatic carbocycles. The molecule has 0 radical (unpaired) electrons. The van der Waals surface area contributed by atoms with Crippen molar-refractivity contribution in [2.24, 2.45) is 0 Å². The number of hydrogen-bond acceptors (Lipinski definition) is 3. The molecule has 0 spiro atoms. The summed E-state index contributed by atoms with van der Waals surface area (Å²) in [5, 5.41) is 8.17. The van der Waals surface area contributed by atoms with Crippen molar-refractivity contribution in [3.8, 4) is 0 Å². The zero-order valence-corrected chi connectivity index (χ0v) is 5.23. The lowest BCUT2D eigenvalue weighted by molar-refractivity contribution is 0.0727. The topological polar surface area (TPSA) is 38.7 Å². The number of aliphatic hydroxyl groups excluding tert-OH is 1. The van der Waals surface area contributed by atoms with Crippen LogP contribution in [0.3, 0.4) is 0 Å². The van der Waals surface area contributed by atoms with Gasteiger partial charge in [-0.1, -0.05) is 0 Å². The van der Waals surface area contributed by atoms with Gasteiger partial charge in [0.2, 0.25) is 0 Å². The van der Waals surface area contributed by atoms with Gasteiger partial charge in [-0.15, -0.1) is 0 Å². The van der Waals surface area contributed by atoms with Crippen molar-refractivity contribution in [2.45, 2.75) is 0 Å². The smallest absolute Gasteiger partial charge is 0.0916 e. The Balaban J connectivity index is 2.53. The molecule has 0 aromatic rings. The summed E-state index contributed by atoms with van der Waals surface area (Å²) in [6.45, 7) is 1.19. The van der Waals surface area contributed by atoms with Gasteiger partial charge in [0.05, 0.1) is 38.3 Å². The van der Waals surface area contributed by atoms with E-state index in [-0.39, 0.29) is 6.61 Å². The maximum absolute atomic E-state index is 8.17. The monoisotopic (exact) mass is 140 g/mol. The van der Waals surface area contributed by atoms with Crippen LogP contribution in [0.5, 0.6) is 0 Å². The number of ether oxygens (including phenoxy) is 1. The summed E-state index contributed by atoms with van der Waals surface area (Å²) in [5.74, 6) is 0. The Labute approximate surface area is 53.3 Å². The molecule has 0 amide bonds. The first-order valence-electron chi connectivity index (χ1n) is 2.34. The van der Waals surface area contributed by atoms with Crippen LogP contribution in [0.2, 0.25) is 0 Å². The van der Waals surface area contributed by atoms with Crippen molar-refractivity contribution in [3.05, 3.63) is 0 Å². The lowest BCUT2D eigenvalue weighted by Gasteiger charge is -1.96. The summed E-state index contributed by atoms with van der Waals surface area (Å²) in [6.07, 6.45) is 0.